The monoisotopic (exact) mass is 531 g/mol. The van der Waals surface area contributed by atoms with Gasteiger partial charge in [-0.3, -0.25) is 14.5 Å². The van der Waals surface area contributed by atoms with Crippen LogP contribution in [0.2, 0.25) is 0 Å². The molecule has 0 amide bonds. The van der Waals surface area contributed by atoms with Crippen molar-refractivity contribution in [3.63, 3.8) is 0 Å². The summed E-state index contributed by atoms with van der Waals surface area (Å²) in [6, 6.07) is 4.30. The SMILES string of the molecule is CNC/C(C=O)=C(C)/C=C(/C)NC.Cc1c(C=O)cc2cc(Br)cn2c1C(C)N1CCNCC1. The van der Waals surface area contributed by atoms with Gasteiger partial charge in [0.1, 0.15) is 12.6 Å². The Morgan fingerprint density at radius 2 is 1.88 bits per heavy atom. The average molecular weight is 533 g/mol. The summed E-state index contributed by atoms with van der Waals surface area (Å²) in [6.45, 7) is 12.9. The van der Waals surface area contributed by atoms with Crippen LogP contribution in [0.1, 0.15) is 48.4 Å². The van der Waals surface area contributed by atoms with Crippen LogP contribution in [-0.2, 0) is 4.79 Å². The highest BCUT2D eigenvalue weighted by Gasteiger charge is 2.23. The van der Waals surface area contributed by atoms with Crippen molar-refractivity contribution in [3.8, 4) is 0 Å². The first-order chi connectivity index (χ1) is 16.3. The number of piperazine rings is 1. The van der Waals surface area contributed by atoms with Gasteiger partial charge in [0.25, 0.3) is 0 Å². The molecular weight excluding hydrogens is 494 g/mol. The Morgan fingerprint density at radius 3 is 2.44 bits per heavy atom. The van der Waals surface area contributed by atoms with Crippen LogP contribution in [0, 0.1) is 6.92 Å². The molecule has 1 aliphatic rings. The van der Waals surface area contributed by atoms with E-state index in [0.717, 1.165) is 76.7 Å². The number of halogens is 1. The Bertz CT molecular complexity index is 1050. The van der Waals surface area contributed by atoms with Crippen molar-refractivity contribution < 1.29 is 9.59 Å². The van der Waals surface area contributed by atoms with E-state index in [-0.39, 0.29) is 6.04 Å². The Kier molecular flexibility index (Phi) is 11.2. The molecule has 0 aliphatic carbocycles. The molecule has 0 saturated carbocycles. The summed E-state index contributed by atoms with van der Waals surface area (Å²) in [5.41, 5.74) is 6.96. The first kappa shape index (κ1) is 28.0. The highest BCUT2D eigenvalue weighted by Crippen LogP contribution is 2.29. The van der Waals surface area contributed by atoms with E-state index in [1.807, 2.05) is 47.0 Å². The molecule has 0 aromatic carbocycles. The third-order valence-electron chi connectivity index (χ3n) is 6.26. The van der Waals surface area contributed by atoms with E-state index in [9.17, 15) is 9.59 Å². The predicted molar refractivity (Wildman–Crippen MR) is 144 cm³/mol. The molecule has 8 heteroatoms. The maximum atomic E-state index is 11.4. The van der Waals surface area contributed by atoms with Gasteiger partial charge in [-0.15, -0.1) is 0 Å². The van der Waals surface area contributed by atoms with E-state index in [4.69, 9.17) is 0 Å². The quantitative estimate of drug-likeness (QED) is 0.274. The minimum atomic E-state index is 0.286. The zero-order valence-electron chi connectivity index (χ0n) is 21.2. The van der Waals surface area contributed by atoms with Crippen molar-refractivity contribution in [2.45, 2.75) is 33.7 Å². The molecule has 7 nitrogen and oxygen atoms in total. The fraction of sp³-hybridized carbons (Fsp3) is 0.462. The molecule has 0 bridgehead atoms. The van der Waals surface area contributed by atoms with Gasteiger partial charge >= 0.3 is 0 Å². The van der Waals surface area contributed by atoms with Crippen molar-refractivity contribution >= 4 is 34.0 Å². The van der Waals surface area contributed by atoms with E-state index >= 15 is 0 Å². The fourth-order valence-corrected chi connectivity index (χ4v) is 4.63. The summed E-state index contributed by atoms with van der Waals surface area (Å²) >= 11 is 3.54. The highest BCUT2D eigenvalue weighted by molar-refractivity contribution is 9.10. The summed E-state index contributed by atoms with van der Waals surface area (Å²) in [7, 11) is 3.68. The van der Waals surface area contributed by atoms with E-state index in [0.29, 0.717) is 6.54 Å². The number of likely N-dealkylation sites (N-methyl/N-ethyl adjacent to an activating group) is 1. The number of carbonyl (C=O) groups is 2. The second kappa shape index (κ2) is 13.6. The number of aldehydes is 2. The molecule has 1 fully saturated rings. The molecule has 0 spiro atoms. The van der Waals surface area contributed by atoms with Gasteiger partial charge in [-0.2, -0.15) is 0 Å². The smallest absolute Gasteiger partial charge is 0.150 e. The van der Waals surface area contributed by atoms with E-state index in [2.05, 4.69) is 60.4 Å². The molecule has 3 rings (SSSR count). The minimum absolute atomic E-state index is 0.286. The molecule has 2 aromatic rings. The number of hydrogen-bond donors (Lipinski definition) is 3. The molecule has 3 N–H and O–H groups in total. The molecule has 1 aliphatic heterocycles. The first-order valence-electron chi connectivity index (χ1n) is 11.6. The maximum absolute atomic E-state index is 11.4. The largest absolute Gasteiger partial charge is 0.392 e. The van der Waals surface area contributed by atoms with Crippen LogP contribution in [0.4, 0.5) is 0 Å². The highest BCUT2D eigenvalue weighted by atomic mass is 79.9. The fourth-order valence-electron chi connectivity index (χ4n) is 4.20. The molecule has 34 heavy (non-hydrogen) atoms. The van der Waals surface area contributed by atoms with Crippen LogP contribution in [0.25, 0.3) is 5.52 Å². The number of allylic oxidation sites excluding steroid dienone is 3. The molecule has 2 aromatic heterocycles. The van der Waals surface area contributed by atoms with Crippen molar-refractivity contribution in [2.75, 3.05) is 46.8 Å². The van der Waals surface area contributed by atoms with E-state index in [1.54, 1.807) is 0 Å². The number of hydrogen-bond acceptors (Lipinski definition) is 6. The summed E-state index contributed by atoms with van der Waals surface area (Å²) in [5, 5.41) is 9.35. The Balaban J connectivity index is 0.000000273. The molecular formula is C26H38BrN5O2. The molecule has 0 radical (unpaired) electrons. The second-order valence-corrected chi connectivity index (χ2v) is 9.49. The summed E-state index contributed by atoms with van der Waals surface area (Å²) < 4.78 is 3.25. The standard InChI is InChI=1S/C16H20BrN3O.C10H18N2O/c1-11-13(10-21)7-15-8-14(17)9-20(15)16(11)12(2)19-5-3-18-4-6-19;1-8(5-9(2)12-4)10(7-13)6-11-3/h7-10,12,18H,3-6H2,1-2H3;5,7,11-12H,6H2,1-4H3/b;9-5-,10-8-. The molecule has 186 valence electrons. The minimum Gasteiger partial charge on any atom is -0.392 e. The lowest BCUT2D eigenvalue weighted by Crippen LogP contribution is -2.45. The number of rotatable bonds is 8. The number of nitrogens with zero attached hydrogens (tertiary/aromatic N) is 2. The van der Waals surface area contributed by atoms with Crippen LogP contribution in [-0.4, -0.2) is 68.7 Å². The predicted octanol–water partition coefficient (Wildman–Crippen LogP) is 3.63. The Morgan fingerprint density at radius 1 is 1.21 bits per heavy atom. The lowest BCUT2D eigenvalue weighted by atomic mass is 10.0. The Hall–Kier alpha value is -2.26. The number of fused-ring (bicyclic) bond motifs is 1. The third kappa shape index (κ3) is 7.12. The Labute approximate surface area is 211 Å². The van der Waals surface area contributed by atoms with Crippen LogP contribution in [0.5, 0.6) is 0 Å². The van der Waals surface area contributed by atoms with Gasteiger partial charge in [0.2, 0.25) is 0 Å². The summed E-state index contributed by atoms with van der Waals surface area (Å²) in [4.78, 5) is 24.5. The number of nitrogens with one attached hydrogen (secondary N) is 3. The van der Waals surface area contributed by atoms with Gasteiger partial charge in [-0.05, 0) is 80.0 Å². The summed E-state index contributed by atoms with van der Waals surface area (Å²) in [5.74, 6) is 0. The number of carbonyl (C=O) groups excluding carboxylic acids is 2. The van der Waals surface area contributed by atoms with Crippen LogP contribution < -0.4 is 16.0 Å². The zero-order valence-corrected chi connectivity index (χ0v) is 22.8. The van der Waals surface area contributed by atoms with Crippen molar-refractivity contribution in [2.24, 2.45) is 0 Å². The van der Waals surface area contributed by atoms with Crippen molar-refractivity contribution in [3.05, 3.63) is 62.5 Å². The van der Waals surface area contributed by atoms with Crippen molar-refractivity contribution in [1.29, 1.82) is 0 Å². The lowest BCUT2D eigenvalue weighted by molar-refractivity contribution is -0.105. The number of pyridine rings is 1. The average Bonchev–Trinajstić information content (AvgIpc) is 3.21. The third-order valence-corrected chi connectivity index (χ3v) is 6.70. The van der Waals surface area contributed by atoms with Gasteiger partial charge in [-0.25, -0.2) is 0 Å². The second-order valence-electron chi connectivity index (χ2n) is 8.58. The van der Waals surface area contributed by atoms with E-state index < -0.39 is 0 Å². The lowest BCUT2D eigenvalue weighted by Gasteiger charge is -2.34. The maximum Gasteiger partial charge on any atom is 0.150 e. The van der Waals surface area contributed by atoms with Gasteiger partial charge < -0.3 is 20.4 Å². The first-order valence-corrected chi connectivity index (χ1v) is 12.4. The molecule has 1 saturated heterocycles. The summed E-state index contributed by atoms with van der Waals surface area (Å²) in [6.07, 6.45) is 5.90. The van der Waals surface area contributed by atoms with Crippen LogP contribution in [0.3, 0.4) is 0 Å². The zero-order chi connectivity index (χ0) is 25.3. The van der Waals surface area contributed by atoms with Crippen LogP contribution >= 0.6 is 15.9 Å². The van der Waals surface area contributed by atoms with Gasteiger partial charge in [-0.1, -0.05) is 0 Å². The molecule has 3 heterocycles. The van der Waals surface area contributed by atoms with Crippen LogP contribution in [0.15, 0.2) is 45.7 Å². The topological polar surface area (TPSA) is 77.9 Å². The van der Waals surface area contributed by atoms with E-state index in [1.165, 1.54) is 5.69 Å². The molecule has 1 atom stereocenters. The number of aromatic nitrogens is 1. The van der Waals surface area contributed by atoms with Gasteiger partial charge in [0.05, 0.1) is 0 Å². The van der Waals surface area contributed by atoms with Gasteiger partial charge in [0.15, 0.2) is 0 Å². The van der Waals surface area contributed by atoms with Gasteiger partial charge in [0, 0.05) is 84.5 Å². The normalized spacial score (nSPS) is 16.4. The molecule has 1 unspecified atom stereocenters. The van der Waals surface area contributed by atoms with Crippen molar-refractivity contribution in [1.82, 2.24) is 25.3 Å².